The molecule has 1 aromatic carbocycles. The smallest absolute Gasteiger partial charge is 0.0393 e. The van der Waals surface area contributed by atoms with E-state index in [4.69, 9.17) is 0 Å². The molecule has 2 aliphatic carbocycles. The molecule has 0 spiro atoms. The fourth-order valence-electron chi connectivity index (χ4n) is 3.49. The Morgan fingerprint density at radius 1 is 1.09 bits per heavy atom. The molecule has 1 aromatic heterocycles. The average molecular weight is 304 g/mol. The summed E-state index contributed by atoms with van der Waals surface area (Å²) in [5.41, 5.74) is 5.82. The zero-order chi connectivity index (χ0) is 15.1. The maximum Gasteiger partial charge on any atom is 0.0393 e. The van der Waals surface area contributed by atoms with E-state index in [0.29, 0.717) is 5.92 Å². The summed E-state index contributed by atoms with van der Waals surface area (Å²) in [6, 6.07) is 6.70. The zero-order valence-electron chi connectivity index (χ0n) is 13.1. The van der Waals surface area contributed by atoms with Crippen LogP contribution in [0.4, 0.5) is 0 Å². The molecule has 0 bridgehead atoms. The molecular weight excluding hydrogens is 284 g/mol. The predicted octanol–water partition coefficient (Wildman–Crippen LogP) is 6.23. The van der Waals surface area contributed by atoms with Crippen LogP contribution in [0.25, 0.3) is 15.7 Å². The van der Waals surface area contributed by atoms with Crippen LogP contribution in [0.2, 0.25) is 0 Å². The van der Waals surface area contributed by atoms with E-state index in [-0.39, 0.29) is 0 Å². The van der Waals surface area contributed by atoms with Crippen molar-refractivity contribution in [1.82, 2.24) is 0 Å². The molecule has 110 valence electrons. The highest BCUT2D eigenvalue weighted by Crippen LogP contribution is 2.43. The molecule has 0 N–H and O–H groups in total. The molecule has 1 heterocycles. The van der Waals surface area contributed by atoms with Crippen LogP contribution in [0, 0.1) is 12.8 Å². The molecule has 0 amide bonds. The molecule has 0 aliphatic heterocycles. The van der Waals surface area contributed by atoms with Crippen LogP contribution in [0.15, 0.2) is 60.2 Å². The molecule has 0 radical (unpaired) electrons. The van der Waals surface area contributed by atoms with Crippen molar-refractivity contribution in [3.8, 4) is 0 Å². The van der Waals surface area contributed by atoms with Gasteiger partial charge < -0.3 is 0 Å². The Morgan fingerprint density at radius 3 is 2.82 bits per heavy atom. The molecule has 0 saturated heterocycles. The highest BCUT2D eigenvalue weighted by atomic mass is 32.1. The summed E-state index contributed by atoms with van der Waals surface area (Å²) in [6.07, 6.45) is 15.8. The number of thiophene rings is 1. The van der Waals surface area contributed by atoms with Gasteiger partial charge in [-0.25, -0.2) is 0 Å². The number of aryl methyl sites for hydroxylation is 1. The first-order valence-electron chi connectivity index (χ1n) is 8.01. The Labute approximate surface area is 136 Å². The minimum Gasteiger partial charge on any atom is -0.135 e. The highest BCUT2D eigenvalue weighted by Gasteiger charge is 2.22. The van der Waals surface area contributed by atoms with Crippen LogP contribution in [-0.2, 0) is 6.42 Å². The minimum absolute atomic E-state index is 0.599. The van der Waals surface area contributed by atoms with Crippen molar-refractivity contribution in [2.24, 2.45) is 5.92 Å². The number of rotatable bonds is 1. The fourth-order valence-corrected chi connectivity index (χ4v) is 4.83. The van der Waals surface area contributed by atoms with Crippen LogP contribution in [0.5, 0.6) is 0 Å². The van der Waals surface area contributed by atoms with E-state index in [1.807, 2.05) is 11.3 Å². The average Bonchev–Trinajstić information content (AvgIpc) is 2.76. The summed E-state index contributed by atoms with van der Waals surface area (Å²) in [4.78, 5) is 1.47. The van der Waals surface area contributed by atoms with E-state index >= 15 is 0 Å². The number of benzene rings is 1. The second kappa shape index (κ2) is 5.40. The highest BCUT2D eigenvalue weighted by molar-refractivity contribution is 7.20. The van der Waals surface area contributed by atoms with Gasteiger partial charge in [-0.1, -0.05) is 61.6 Å². The van der Waals surface area contributed by atoms with Gasteiger partial charge in [-0.2, -0.15) is 0 Å². The van der Waals surface area contributed by atoms with Crippen LogP contribution in [0.3, 0.4) is 0 Å². The molecule has 0 nitrogen and oxygen atoms in total. The largest absolute Gasteiger partial charge is 0.135 e. The fraction of sp³-hybridized carbons (Fsp3) is 0.238. The van der Waals surface area contributed by atoms with Gasteiger partial charge in [0.2, 0.25) is 0 Å². The third-order valence-electron chi connectivity index (χ3n) is 4.72. The Bertz CT molecular complexity index is 855. The summed E-state index contributed by atoms with van der Waals surface area (Å²) in [5, 5.41) is 1.44. The zero-order valence-corrected chi connectivity index (χ0v) is 13.9. The van der Waals surface area contributed by atoms with E-state index in [0.717, 1.165) is 12.8 Å². The van der Waals surface area contributed by atoms with Gasteiger partial charge in [-0.3, -0.25) is 0 Å². The summed E-state index contributed by atoms with van der Waals surface area (Å²) in [7, 11) is 0. The van der Waals surface area contributed by atoms with Gasteiger partial charge >= 0.3 is 0 Å². The maximum absolute atomic E-state index is 2.34. The Kier molecular flexibility index (Phi) is 3.38. The molecular formula is C21H20S. The lowest BCUT2D eigenvalue weighted by atomic mass is 9.86. The summed E-state index contributed by atoms with van der Waals surface area (Å²) in [6.45, 7) is 4.56. The van der Waals surface area contributed by atoms with Gasteiger partial charge in [-0.05, 0) is 53.3 Å². The maximum atomic E-state index is 2.34. The van der Waals surface area contributed by atoms with E-state index < -0.39 is 0 Å². The van der Waals surface area contributed by atoms with Gasteiger partial charge in [0.1, 0.15) is 0 Å². The third-order valence-corrected chi connectivity index (χ3v) is 6.14. The van der Waals surface area contributed by atoms with E-state index in [2.05, 4.69) is 68.5 Å². The van der Waals surface area contributed by atoms with E-state index in [1.165, 1.54) is 37.2 Å². The van der Waals surface area contributed by atoms with Gasteiger partial charge in [0.05, 0.1) is 0 Å². The predicted molar refractivity (Wildman–Crippen MR) is 98.4 cm³/mol. The number of hydrogen-bond acceptors (Lipinski definition) is 1. The normalized spacial score (nSPS) is 20.5. The second-order valence-electron chi connectivity index (χ2n) is 6.26. The summed E-state index contributed by atoms with van der Waals surface area (Å²) < 4.78 is 1.45. The molecule has 0 saturated carbocycles. The lowest BCUT2D eigenvalue weighted by Crippen LogP contribution is -2.03. The van der Waals surface area contributed by atoms with Crippen molar-refractivity contribution < 1.29 is 0 Å². The van der Waals surface area contributed by atoms with Gasteiger partial charge in [0.25, 0.3) is 0 Å². The second-order valence-corrected chi connectivity index (χ2v) is 7.28. The third kappa shape index (κ3) is 2.12. The summed E-state index contributed by atoms with van der Waals surface area (Å²) in [5.74, 6) is 0.599. The molecule has 0 fully saturated rings. The molecule has 1 heteroatoms. The first kappa shape index (κ1) is 13.8. The van der Waals surface area contributed by atoms with E-state index in [1.54, 1.807) is 0 Å². The lowest BCUT2D eigenvalue weighted by Gasteiger charge is -2.20. The van der Waals surface area contributed by atoms with Crippen molar-refractivity contribution in [1.29, 1.82) is 0 Å². The van der Waals surface area contributed by atoms with Gasteiger partial charge in [0, 0.05) is 9.58 Å². The minimum atomic E-state index is 0.599. The SMILES string of the molecule is Cc1cccc2c3c(sc12)C(C1=CC=CCC1C)=CC=CC3. The quantitative estimate of drug-likeness (QED) is 0.586. The molecule has 2 aromatic rings. The van der Waals surface area contributed by atoms with Crippen LogP contribution in [-0.4, -0.2) is 0 Å². The molecule has 22 heavy (non-hydrogen) atoms. The number of allylic oxidation sites excluding steroid dienone is 8. The lowest BCUT2D eigenvalue weighted by molar-refractivity contribution is 0.709. The Morgan fingerprint density at radius 2 is 1.95 bits per heavy atom. The van der Waals surface area contributed by atoms with Crippen LogP contribution in [0.1, 0.15) is 29.3 Å². The monoisotopic (exact) mass is 304 g/mol. The van der Waals surface area contributed by atoms with Gasteiger partial charge in [-0.15, -0.1) is 11.3 Å². The van der Waals surface area contributed by atoms with Crippen molar-refractivity contribution in [3.63, 3.8) is 0 Å². The Balaban J connectivity index is 1.96. The van der Waals surface area contributed by atoms with Gasteiger partial charge in [0.15, 0.2) is 0 Å². The first-order valence-corrected chi connectivity index (χ1v) is 8.82. The topological polar surface area (TPSA) is 0 Å². The van der Waals surface area contributed by atoms with Crippen LogP contribution >= 0.6 is 11.3 Å². The molecule has 4 rings (SSSR count). The standard InChI is InChI=1S/C21H20S/c1-14-8-3-4-10-16(14)17-11-5-6-12-19-18-13-7-9-15(2)20(18)22-21(17)19/h3-7,9-11,13-14H,8,12H2,1-2H3. The van der Waals surface area contributed by atoms with Crippen molar-refractivity contribution in [2.45, 2.75) is 26.7 Å². The van der Waals surface area contributed by atoms with Crippen LogP contribution < -0.4 is 0 Å². The first-order chi connectivity index (χ1) is 10.8. The number of hydrogen-bond donors (Lipinski definition) is 0. The molecule has 1 unspecified atom stereocenters. The molecule has 1 atom stereocenters. The number of fused-ring (bicyclic) bond motifs is 3. The van der Waals surface area contributed by atoms with Crippen molar-refractivity contribution >= 4 is 27.0 Å². The van der Waals surface area contributed by atoms with E-state index in [9.17, 15) is 0 Å². The summed E-state index contributed by atoms with van der Waals surface area (Å²) >= 11 is 1.97. The van der Waals surface area contributed by atoms with Crippen molar-refractivity contribution in [3.05, 3.63) is 76.2 Å². The van der Waals surface area contributed by atoms with Crippen molar-refractivity contribution in [2.75, 3.05) is 0 Å². The molecule has 2 aliphatic rings. The Hall–Kier alpha value is -1.86.